The lowest BCUT2D eigenvalue weighted by Crippen LogP contribution is -1.97. The van der Waals surface area contributed by atoms with Crippen molar-refractivity contribution < 1.29 is 0 Å². The number of aromatic nitrogens is 3. The van der Waals surface area contributed by atoms with E-state index in [0.717, 1.165) is 27.6 Å². The number of para-hydroxylation sites is 1. The maximum absolute atomic E-state index is 4.34. The van der Waals surface area contributed by atoms with Gasteiger partial charge in [0.2, 0.25) is 0 Å². The largest absolute Gasteiger partial charge is 0.309 e. The predicted molar refractivity (Wildman–Crippen MR) is 180 cm³/mol. The second kappa shape index (κ2) is 9.37. The number of hydrogen-bond acceptors (Lipinski definition) is 2. The van der Waals surface area contributed by atoms with Crippen molar-refractivity contribution >= 4 is 54.1 Å². The van der Waals surface area contributed by atoms with Crippen LogP contribution in [0.5, 0.6) is 0 Å². The van der Waals surface area contributed by atoms with Crippen LogP contribution in [-0.4, -0.2) is 14.8 Å². The lowest BCUT2D eigenvalue weighted by molar-refractivity contribution is 1.05. The molecule has 0 radical (unpaired) electrons. The second-order valence-electron chi connectivity index (χ2n) is 11.2. The molecule has 0 unspecified atom stereocenters. The van der Waals surface area contributed by atoms with Gasteiger partial charge in [-0.2, -0.15) is 10.2 Å². The molecule has 0 fully saturated rings. The smallest absolute Gasteiger partial charge is 0.0596 e. The van der Waals surface area contributed by atoms with E-state index in [1.54, 1.807) is 0 Å². The Morgan fingerprint density at radius 2 is 1.00 bits per heavy atom. The topological polar surface area (TPSA) is 30.7 Å². The van der Waals surface area contributed by atoms with Crippen LogP contribution in [0.25, 0.3) is 82.1 Å². The first-order chi connectivity index (χ1) is 21.3. The van der Waals surface area contributed by atoms with E-state index in [4.69, 9.17) is 0 Å². The Hall–Kier alpha value is -5.80. The third kappa shape index (κ3) is 3.75. The zero-order valence-electron chi connectivity index (χ0n) is 23.3. The van der Waals surface area contributed by atoms with E-state index in [1.165, 1.54) is 54.5 Å². The zero-order valence-corrected chi connectivity index (χ0v) is 23.3. The summed E-state index contributed by atoms with van der Waals surface area (Å²) in [5.74, 6) is 0. The molecular formula is C40H25N3. The predicted octanol–water partition coefficient (Wildman–Crippen LogP) is 10.4. The Labute approximate surface area is 248 Å². The number of benzene rings is 7. The molecule has 2 heterocycles. The van der Waals surface area contributed by atoms with Crippen molar-refractivity contribution in [3.8, 4) is 27.9 Å². The molecule has 0 amide bonds. The van der Waals surface area contributed by atoms with E-state index in [0.29, 0.717) is 0 Å². The van der Waals surface area contributed by atoms with Gasteiger partial charge in [0, 0.05) is 21.5 Å². The van der Waals surface area contributed by atoms with Crippen molar-refractivity contribution in [2.75, 3.05) is 0 Å². The van der Waals surface area contributed by atoms with Crippen LogP contribution in [0.4, 0.5) is 0 Å². The number of rotatable bonds is 3. The number of fused-ring (bicyclic) bond motifs is 6. The van der Waals surface area contributed by atoms with Gasteiger partial charge in [0.05, 0.1) is 29.1 Å². The van der Waals surface area contributed by atoms with Crippen molar-refractivity contribution in [2.45, 2.75) is 0 Å². The second-order valence-corrected chi connectivity index (χ2v) is 11.2. The minimum Gasteiger partial charge on any atom is -0.309 e. The lowest BCUT2D eigenvalue weighted by Gasteiger charge is -2.14. The average Bonchev–Trinajstić information content (AvgIpc) is 3.39. The molecule has 0 aliphatic rings. The van der Waals surface area contributed by atoms with Gasteiger partial charge >= 0.3 is 0 Å². The molecule has 0 saturated heterocycles. The van der Waals surface area contributed by atoms with E-state index in [-0.39, 0.29) is 0 Å². The molecule has 0 aliphatic carbocycles. The monoisotopic (exact) mass is 547 g/mol. The molecule has 0 aliphatic heterocycles. The summed E-state index contributed by atoms with van der Waals surface area (Å²) in [7, 11) is 0. The standard InChI is InChI=1S/C40H25N3/c1-2-8-29-21-32(18-15-26(29)7-1)27-13-16-28(17-14-27)33-19-20-39(37-25-42-41-24-36(33)37)43-38-12-6-5-11-34(38)35-22-30-9-3-4-10-31(30)23-40(35)43/h1-25H. The summed E-state index contributed by atoms with van der Waals surface area (Å²) in [5, 5.41) is 18.3. The van der Waals surface area contributed by atoms with Crippen LogP contribution in [0.1, 0.15) is 0 Å². The molecule has 7 aromatic carbocycles. The summed E-state index contributed by atoms with van der Waals surface area (Å²) in [5.41, 5.74) is 8.18. The molecule has 9 aromatic rings. The third-order valence-electron chi connectivity index (χ3n) is 8.76. The van der Waals surface area contributed by atoms with Gasteiger partial charge in [-0.1, -0.05) is 109 Å². The Bertz CT molecular complexity index is 2500. The first-order valence-corrected chi connectivity index (χ1v) is 14.6. The first-order valence-electron chi connectivity index (χ1n) is 14.6. The summed E-state index contributed by atoms with van der Waals surface area (Å²) >= 11 is 0. The minimum absolute atomic E-state index is 1.07. The van der Waals surface area contributed by atoms with Crippen LogP contribution in [0.3, 0.4) is 0 Å². The zero-order chi connectivity index (χ0) is 28.3. The van der Waals surface area contributed by atoms with Gasteiger partial charge in [-0.25, -0.2) is 0 Å². The highest BCUT2D eigenvalue weighted by molar-refractivity contribution is 6.15. The van der Waals surface area contributed by atoms with Gasteiger partial charge in [-0.15, -0.1) is 0 Å². The van der Waals surface area contributed by atoms with Crippen molar-refractivity contribution in [1.82, 2.24) is 14.8 Å². The molecule has 9 rings (SSSR count). The SMILES string of the molecule is c1ccc2cc(-c3ccc(-c4ccc(-n5c6ccccc6c6cc7ccccc7cc65)c5cnncc45)cc3)ccc2c1. The van der Waals surface area contributed by atoms with Gasteiger partial charge in [0.1, 0.15) is 0 Å². The fourth-order valence-corrected chi connectivity index (χ4v) is 6.65. The number of hydrogen-bond donors (Lipinski definition) is 0. The lowest BCUT2D eigenvalue weighted by atomic mass is 9.96. The summed E-state index contributed by atoms with van der Waals surface area (Å²) in [6.07, 6.45) is 3.80. The first kappa shape index (κ1) is 23.9. The van der Waals surface area contributed by atoms with E-state index in [9.17, 15) is 0 Å². The maximum Gasteiger partial charge on any atom is 0.0596 e. The highest BCUT2D eigenvalue weighted by atomic mass is 15.1. The van der Waals surface area contributed by atoms with Gasteiger partial charge in [-0.05, 0) is 74.1 Å². The van der Waals surface area contributed by atoms with E-state index in [1.807, 2.05) is 12.4 Å². The molecular weight excluding hydrogens is 522 g/mol. The molecule has 2 aromatic heterocycles. The van der Waals surface area contributed by atoms with Crippen molar-refractivity contribution in [2.24, 2.45) is 0 Å². The molecule has 0 atom stereocenters. The Morgan fingerprint density at radius 3 is 1.81 bits per heavy atom. The van der Waals surface area contributed by atoms with Gasteiger partial charge in [-0.3, -0.25) is 0 Å². The molecule has 0 spiro atoms. The number of nitrogens with zero attached hydrogens (tertiary/aromatic N) is 3. The van der Waals surface area contributed by atoms with Crippen LogP contribution >= 0.6 is 0 Å². The fourth-order valence-electron chi connectivity index (χ4n) is 6.65. The van der Waals surface area contributed by atoms with Crippen LogP contribution in [0, 0.1) is 0 Å². The van der Waals surface area contributed by atoms with Gasteiger partial charge in [0.25, 0.3) is 0 Å². The van der Waals surface area contributed by atoms with Crippen molar-refractivity contribution in [3.05, 3.63) is 152 Å². The Morgan fingerprint density at radius 1 is 0.372 bits per heavy atom. The molecule has 43 heavy (non-hydrogen) atoms. The van der Waals surface area contributed by atoms with Crippen molar-refractivity contribution in [1.29, 1.82) is 0 Å². The molecule has 200 valence electrons. The molecule has 0 saturated carbocycles. The summed E-state index contributed by atoms with van der Waals surface area (Å²) in [6.45, 7) is 0. The van der Waals surface area contributed by atoms with Gasteiger partial charge < -0.3 is 4.57 Å². The summed E-state index contributed by atoms with van der Waals surface area (Å²) in [4.78, 5) is 0. The molecule has 3 heteroatoms. The van der Waals surface area contributed by atoms with E-state index < -0.39 is 0 Å². The maximum atomic E-state index is 4.34. The van der Waals surface area contributed by atoms with Crippen LogP contribution in [0.2, 0.25) is 0 Å². The summed E-state index contributed by atoms with van der Waals surface area (Å²) in [6, 6.07) is 50.3. The summed E-state index contributed by atoms with van der Waals surface area (Å²) < 4.78 is 2.38. The van der Waals surface area contributed by atoms with Crippen molar-refractivity contribution in [3.63, 3.8) is 0 Å². The average molecular weight is 548 g/mol. The van der Waals surface area contributed by atoms with E-state index in [2.05, 4.69) is 154 Å². The normalized spacial score (nSPS) is 11.7. The van der Waals surface area contributed by atoms with Crippen LogP contribution < -0.4 is 0 Å². The quantitative estimate of drug-likeness (QED) is 0.220. The molecule has 3 nitrogen and oxygen atoms in total. The Balaban J connectivity index is 1.21. The van der Waals surface area contributed by atoms with Gasteiger partial charge in [0.15, 0.2) is 0 Å². The third-order valence-corrected chi connectivity index (χ3v) is 8.76. The highest BCUT2D eigenvalue weighted by Crippen LogP contribution is 2.39. The van der Waals surface area contributed by atoms with E-state index >= 15 is 0 Å². The fraction of sp³-hybridized carbons (Fsp3) is 0. The molecule has 0 bridgehead atoms. The highest BCUT2D eigenvalue weighted by Gasteiger charge is 2.17. The van der Waals surface area contributed by atoms with Crippen LogP contribution in [0.15, 0.2) is 152 Å². The minimum atomic E-state index is 1.07. The van der Waals surface area contributed by atoms with Crippen LogP contribution in [-0.2, 0) is 0 Å². The Kier molecular flexibility index (Phi) is 5.20. The molecule has 0 N–H and O–H groups in total.